The van der Waals surface area contributed by atoms with Crippen LogP contribution < -0.4 is 40.3 Å². The van der Waals surface area contributed by atoms with E-state index in [2.05, 4.69) is 20.5 Å². The van der Waals surface area contributed by atoms with Crippen molar-refractivity contribution in [3.63, 3.8) is 0 Å². The number of nitrogens with one attached hydrogen (secondary N) is 3. The first kappa shape index (κ1) is 34.2. The number of hydrogen-bond acceptors (Lipinski definition) is 8. The highest BCUT2D eigenvalue weighted by atomic mass is 16.5. The Hall–Kier alpha value is -5.19. The first-order chi connectivity index (χ1) is 23.1. The molecule has 3 aromatic carbocycles. The number of carbonyl (C=O) groups is 2. The standard InChI is InChI=1S/C37H44N4O7/c1-21(2)34(37(44)38-15-17-41-16-14-23-18-25(45-4)9-13-30(23)41)40-29-12-10-26-27(20-31(29)43)28(39-22(3)42)11-8-24-19-32(46-5)35(47-6)36(48-7)33(24)26/h9-10,12-14,16,18-21,28,34H,8,11,15,17H2,1-7H3,(H,38,44)(H,39,42)(H,40,43)/t28-,34-/m0/s1. The number of nitrogens with zero attached hydrogens (tertiary/aromatic N) is 1. The van der Waals surface area contributed by atoms with E-state index in [1.165, 1.54) is 6.92 Å². The lowest BCUT2D eigenvalue weighted by molar-refractivity contribution is -0.122. The van der Waals surface area contributed by atoms with Gasteiger partial charge in [-0.25, -0.2) is 0 Å². The molecule has 1 heterocycles. The van der Waals surface area contributed by atoms with Crippen LogP contribution in [0.3, 0.4) is 0 Å². The monoisotopic (exact) mass is 656 g/mol. The van der Waals surface area contributed by atoms with Crippen LogP contribution in [0.4, 0.5) is 5.69 Å². The zero-order valence-corrected chi connectivity index (χ0v) is 28.6. The summed E-state index contributed by atoms with van der Waals surface area (Å²) in [5.41, 5.74) is 4.06. The molecule has 0 radical (unpaired) electrons. The van der Waals surface area contributed by atoms with Crippen LogP contribution in [-0.2, 0) is 22.6 Å². The highest BCUT2D eigenvalue weighted by molar-refractivity contribution is 5.86. The summed E-state index contributed by atoms with van der Waals surface area (Å²) in [6.45, 7) is 6.30. The molecule has 0 bridgehead atoms. The number of benzene rings is 2. The summed E-state index contributed by atoms with van der Waals surface area (Å²) in [5, 5.41) is 10.4. The van der Waals surface area contributed by atoms with Crippen molar-refractivity contribution in [1.82, 2.24) is 15.2 Å². The number of rotatable bonds is 12. The lowest BCUT2D eigenvalue weighted by atomic mass is 9.95. The number of carbonyl (C=O) groups excluding carboxylic acids is 2. The van der Waals surface area contributed by atoms with Gasteiger partial charge in [-0.15, -0.1) is 0 Å². The first-order valence-electron chi connectivity index (χ1n) is 16.0. The van der Waals surface area contributed by atoms with Crippen molar-refractivity contribution in [3.8, 4) is 34.1 Å². The molecule has 254 valence electrons. The second-order valence-corrected chi connectivity index (χ2v) is 12.2. The normalized spacial score (nSPS) is 14.3. The van der Waals surface area contributed by atoms with E-state index in [1.807, 2.05) is 56.4 Å². The van der Waals surface area contributed by atoms with Gasteiger partial charge >= 0.3 is 0 Å². The van der Waals surface area contributed by atoms with Gasteiger partial charge in [-0.1, -0.05) is 19.9 Å². The minimum atomic E-state index is -0.678. The molecule has 2 amide bonds. The first-order valence-corrected chi connectivity index (χ1v) is 16.0. The van der Waals surface area contributed by atoms with Crippen LogP contribution >= 0.6 is 0 Å². The molecule has 0 unspecified atom stereocenters. The highest BCUT2D eigenvalue weighted by Crippen LogP contribution is 2.50. The van der Waals surface area contributed by atoms with Crippen LogP contribution in [0.1, 0.15) is 44.4 Å². The van der Waals surface area contributed by atoms with Crippen molar-refractivity contribution in [2.75, 3.05) is 40.3 Å². The van der Waals surface area contributed by atoms with Crippen LogP contribution in [0, 0.1) is 5.92 Å². The van der Waals surface area contributed by atoms with Gasteiger partial charge in [-0.3, -0.25) is 14.4 Å². The summed E-state index contributed by atoms with van der Waals surface area (Å²) in [7, 11) is 6.31. The Labute approximate surface area is 280 Å². The zero-order valence-electron chi connectivity index (χ0n) is 28.6. The predicted octanol–water partition coefficient (Wildman–Crippen LogP) is 5.08. The van der Waals surface area contributed by atoms with Gasteiger partial charge in [-0.2, -0.15) is 0 Å². The molecule has 2 atom stereocenters. The SMILES string of the molecule is COc1ccc2c(ccn2CCNC(=O)[C@@H](Nc2ccc3c(cc2=O)[C@@H](NC(C)=O)CCc2cc(OC)c(OC)c(OC)c2-3)C(C)C)c1. The summed E-state index contributed by atoms with van der Waals surface area (Å²) in [5.74, 6) is 1.67. The lowest BCUT2D eigenvalue weighted by Gasteiger charge is -2.22. The second-order valence-electron chi connectivity index (χ2n) is 12.2. The van der Waals surface area contributed by atoms with Gasteiger partial charge in [0.15, 0.2) is 11.5 Å². The Morgan fingerprint density at radius 3 is 2.38 bits per heavy atom. The third-order valence-corrected chi connectivity index (χ3v) is 8.81. The smallest absolute Gasteiger partial charge is 0.242 e. The molecule has 1 aromatic heterocycles. The molecule has 4 aromatic rings. The van der Waals surface area contributed by atoms with Crippen molar-refractivity contribution >= 4 is 28.4 Å². The number of anilines is 1. The average molecular weight is 657 g/mol. The summed E-state index contributed by atoms with van der Waals surface area (Å²) in [6, 6.07) is 13.8. The second kappa shape index (κ2) is 14.7. The summed E-state index contributed by atoms with van der Waals surface area (Å²) in [4.78, 5) is 39.7. The van der Waals surface area contributed by atoms with Gasteiger partial charge in [0.05, 0.1) is 40.2 Å². The maximum absolute atomic E-state index is 13.8. The average Bonchev–Trinajstić information content (AvgIpc) is 3.32. The zero-order chi connectivity index (χ0) is 34.5. The number of amides is 2. The Morgan fingerprint density at radius 2 is 1.71 bits per heavy atom. The van der Waals surface area contributed by atoms with Crippen LogP contribution in [0.5, 0.6) is 23.0 Å². The number of fused-ring (bicyclic) bond motifs is 4. The number of aromatic nitrogens is 1. The third kappa shape index (κ3) is 6.90. The molecule has 0 spiro atoms. The molecule has 0 fully saturated rings. The maximum Gasteiger partial charge on any atom is 0.242 e. The highest BCUT2D eigenvalue weighted by Gasteiger charge is 2.30. The Kier molecular flexibility index (Phi) is 10.5. The summed E-state index contributed by atoms with van der Waals surface area (Å²) < 4.78 is 24.6. The fraction of sp³-hybridized carbons (Fsp3) is 0.378. The molecule has 3 N–H and O–H groups in total. The maximum atomic E-state index is 13.8. The van der Waals surface area contributed by atoms with Crippen LogP contribution in [-0.4, -0.2) is 57.4 Å². The Morgan fingerprint density at radius 1 is 0.938 bits per heavy atom. The predicted molar refractivity (Wildman–Crippen MR) is 186 cm³/mol. The van der Waals surface area contributed by atoms with Crippen LogP contribution in [0.2, 0.25) is 0 Å². The molecule has 11 heteroatoms. The van der Waals surface area contributed by atoms with Crippen LogP contribution in [0.25, 0.3) is 22.0 Å². The molecule has 0 saturated carbocycles. The van der Waals surface area contributed by atoms with E-state index < -0.39 is 12.1 Å². The van der Waals surface area contributed by atoms with Gasteiger partial charge in [0, 0.05) is 42.7 Å². The molecule has 1 aliphatic carbocycles. The number of ether oxygens (including phenoxy) is 4. The van der Waals surface area contributed by atoms with E-state index >= 15 is 0 Å². The van der Waals surface area contributed by atoms with Crippen molar-refractivity contribution in [1.29, 1.82) is 0 Å². The van der Waals surface area contributed by atoms with Crippen molar-refractivity contribution in [2.24, 2.45) is 5.92 Å². The van der Waals surface area contributed by atoms with Crippen molar-refractivity contribution in [3.05, 3.63) is 76.1 Å². The van der Waals surface area contributed by atoms with E-state index in [0.29, 0.717) is 54.3 Å². The fourth-order valence-corrected chi connectivity index (χ4v) is 6.44. The number of hydrogen-bond donors (Lipinski definition) is 3. The van der Waals surface area contributed by atoms with Gasteiger partial charge < -0.3 is 39.5 Å². The molecule has 5 rings (SSSR count). The molecular weight excluding hydrogens is 612 g/mol. The minimum Gasteiger partial charge on any atom is -0.497 e. The van der Waals surface area contributed by atoms with Gasteiger partial charge in [0.1, 0.15) is 11.8 Å². The molecule has 11 nitrogen and oxygen atoms in total. The fourth-order valence-electron chi connectivity index (χ4n) is 6.44. The minimum absolute atomic E-state index is 0.128. The molecule has 0 aliphatic heterocycles. The Bertz CT molecular complexity index is 1880. The van der Waals surface area contributed by atoms with Crippen molar-refractivity contribution < 1.29 is 28.5 Å². The number of methoxy groups -OCH3 is 4. The van der Waals surface area contributed by atoms with E-state index in [0.717, 1.165) is 27.8 Å². The van der Waals surface area contributed by atoms with Gasteiger partial charge in [0.2, 0.25) is 23.0 Å². The molecular formula is C37H44N4O7. The van der Waals surface area contributed by atoms with Crippen molar-refractivity contribution in [2.45, 2.75) is 52.2 Å². The van der Waals surface area contributed by atoms with E-state index in [4.69, 9.17) is 18.9 Å². The van der Waals surface area contributed by atoms with E-state index in [1.54, 1.807) is 40.6 Å². The van der Waals surface area contributed by atoms with Gasteiger partial charge in [0.25, 0.3) is 0 Å². The molecule has 1 aliphatic rings. The largest absolute Gasteiger partial charge is 0.497 e. The number of aryl methyl sites for hydroxylation is 1. The van der Waals surface area contributed by atoms with E-state index in [9.17, 15) is 14.4 Å². The quantitative estimate of drug-likeness (QED) is 0.193. The Balaban J connectivity index is 1.46. The van der Waals surface area contributed by atoms with Crippen LogP contribution in [0.15, 0.2) is 59.5 Å². The summed E-state index contributed by atoms with van der Waals surface area (Å²) in [6.07, 6.45) is 3.13. The topological polar surface area (TPSA) is 129 Å². The third-order valence-electron chi connectivity index (χ3n) is 8.81. The van der Waals surface area contributed by atoms with E-state index in [-0.39, 0.29) is 28.8 Å². The lowest BCUT2D eigenvalue weighted by Crippen LogP contribution is -2.44. The molecule has 0 saturated heterocycles. The summed E-state index contributed by atoms with van der Waals surface area (Å²) >= 11 is 0. The van der Waals surface area contributed by atoms with Gasteiger partial charge in [-0.05, 0) is 77.9 Å². The molecule has 48 heavy (non-hydrogen) atoms.